The molecule has 0 saturated heterocycles. The number of rotatable bonds is 2. The summed E-state index contributed by atoms with van der Waals surface area (Å²) < 4.78 is 6.02. The molecule has 3 nitrogen and oxygen atoms in total. The van der Waals surface area contributed by atoms with Gasteiger partial charge in [-0.25, -0.2) is 0 Å². The maximum Gasteiger partial charge on any atom is 0.199 e. The summed E-state index contributed by atoms with van der Waals surface area (Å²) in [5.41, 5.74) is 1.55. The van der Waals surface area contributed by atoms with Crippen LogP contribution in [0.15, 0.2) is 12.1 Å². The summed E-state index contributed by atoms with van der Waals surface area (Å²) in [4.78, 5) is 19.0. The van der Waals surface area contributed by atoms with E-state index in [0.29, 0.717) is 5.30 Å². The molecule has 0 aliphatic heterocycles. The van der Waals surface area contributed by atoms with Crippen LogP contribution in [0.25, 0.3) is 0 Å². The van der Waals surface area contributed by atoms with Crippen LogP contribution in [-0.4, -0.2) is 15.4 Å². The second-order valence-corrected chi connectivity index (χ2v) is 7.90. The van der Waals surface area contributed by atoms with Crippen molar-refractivity contribution in [3.8, 4) is 5.75 Å². The normalized spacial score (nSPS) is 12.9. The topological polar surface area (TPSA) is 49.7 Å². The average Bonchev–Trinajstić information content (AvgIpc) is 2.11. The molecule has 0 aliphatic rings. The Labute approximate surface area is 117 Å². The fraction of sp³-hybridized carbons (Fsp3) is 0.600. The van der Waals surface area contributed by atoms with E-state index in [4.69, 9.17) is 4.74 Å². The minimum Gasteiger partial charge on any atom is -0.488 e. The highest BCUT2D eigenvalue weighted by atomic mass is 31.2. The predicted octanol–water partition coefficient (Wildman–Crippen LogP) is 3.39. The molecule has 2 N–H and O–H groups in total. The van der Waals surface area contributed by atoms with Gasteiger partial charge in [0.2, 0.25) is 0 Å². The lowest BCUT2D eigenvalue weighted by Crippen LogP contribution is -2.27. The van der Waals surface area contributed by atoms with Gasteiger partial charge in [0.1, 0.15) is 11.4 Å². The first-order chi connectivity index (χ1) is 8.43. The van der Waals surface area contributed by atoms with Crippen LogP contribution in [0.2, 0.25) is 0 Å². The molecule has 1 aromatic rings. The first-order valence-electron chi connectivity index (χ1n) is 6.44. The Morgan fingerprint density at radius 2 is 1.53 bits per heavy atom. The molecule has 0 saturated carbocycles. The van der Waals surface area contributed by atoms with Gasteiger partial charge in [-0.15, -0.1) is 0 Å². The van der Waals surface area contributed by atoms with Gasteiger partial charge in [-0.2, -0.15) is 0 Å². The van der Waals surface area contributed by atoms with Gasteiger partial charge in [0.25, 0.3) is 0 Å². The molecule has 0 atom stereocenters. The lowest BCUT2D eigenvalue weighted by molar-refractivity contribution is 0.127. The molecule has 1 aromatic carbocycles. The third-order valence-corrected chi connectivity index (χ3v) is 3.70. The van der Waals surface area contributed by atoms with Crippen molar-refractivity contribution >= 4 is 13.7 Å². The molecular weight excluding hydrogens is 259 g/mol. The molecule has 0 radical (unpaired) electrons. The predicted molar refractivity (Wildman–Crippen MR) is 81.3 cm³/mol. The fourth-order valence-electron chi connectivity index (χ4n) is 2.24. The van der Waals surface area contributed by atoms with E-state index < -0.39 is 8.38 Å². The second-order valence-electron chi connectivity index (χ2n) is 6.84. The second kappa shape index (κ2) is 5.40. The van der Waals surface area contributed by atoms with Crippen molar-refractivity contribution in [1.82, 2.24) is 0 Å². The van der Waals surface area contributed by atoms with Crippen molar-refractivity contribution in [3.63, 3.8) is 0 Å². The molecule has 0 unspecified atom stereocenters. The summed E-state index contributed by atoms with van der Waals surface area (Å²) in [5.74, 6) is 0.818. The van der Waals surface area contributed by atoms with E-state index in [-0.39, 0.29) is 11.0 Å². The Morgan fingerprint density at radius 1 is 1.00 bits per heavy atom. The van der Waals surface area contributed by atoms with E-state index in [1.54, 1.807) is 6.07 Å². The van der Waals surface area contributed by atoms with Crippen LogP contribution < -0.4 is 10.0 Å². The van der Waals surface area contributed by atoms with Crippen LogP contribution in [0.5, 0.6) is 5.75 Å². The van der Waals surface area contributed by atoms with E-state index in [1.807, 2.05) is 33.8 Å². The molecule has 0 fully saturated rings. The minimum atomic E-state index is -2.08. The molecular formula is C15H25O3P. The van der Waals surface area contributed by atoms with Crippen LogP contribution in [0.4, 0.5) is 0 Å². The molecule has 4 heteroatoms. The third kappa shape index (κ3) is 4.17. The summed E-state index contributed by atoms with van der Waals surface area (Å²) in [6.07, 6.45) is 0. The molecule has 19 heavy (non-hydrogen) atoms. The molecule has 0 heterocycles. The van der Waals surface area contributed by atoms with Crippen molar-refractivity contribution in [3.05, 3.63) is 23.3 Å². The molecule has 0 aliphatic carbocycles. The first-order valence-corrected chi connectivity index (χ1v) is 7.69. The van der Waals surface area contributed by atoms with Crippen LogP contribution in [0.1, 0.15) is 52.7 Å². The molecule has 108 valence electrons. The van der Waals surface area contributed by atoms with E-state index >= 15 is 0 Å². The summed E-state index contributed by atoms with van der Waals surface area (Å²) >= 11 is 0. The maximum atomic E-state index is 9.50. The standard InChI is InChI=1S/C15H25O3P/c1-10-12(19(16)17)9-8-11(18-15(5,6)7)13(10)14(2,3)4/h8-9,16-17H,1-7H3. The lowest BCUT2D eigenvalue weighted by atomic mass is 9.83. The van der Waals surface area contributed by atoms with Gasteiger partial charge < -0.3 is 14.5 Å². The highest BCUT2D eigenvalue weighted by molar-refractivity contribution is 7.54. The SMILES string of the molecule is Cc1c(P(O)O)ccc(OC(C)(C)C)c1C(C)(C)C. The minimum absolute atomic E-state index is 0.119. The van der Waals surface area contributed by atoms with Crippen molar-refractivity contribution in [2.75, 3.05) is 0 Å². The highest BCUT2D eigenvalue weighted by Gasteiger charge is 2.27. The number of hydrogen-bond acceptors (Lipinski definition) is 3. The van der Waals surface area contributed by atoms with Gasteiger partial charge in [-0.1, -0.05) is 20.8 Å². The van der Waals surface area contributed by atoms with Crippen LogP contribution in [-0.2, 0) is 5.41 Å². The maximum absolute atomic E-state index is 9.50. The summed E-state index contributed by atoms with van der Waals surface area (Å²) in [5, 5.41) is 0.598. The van der Waals surface area contributed by atoms with E-state index in [0.717, 1.165) is 16.9 Å². The van der Waals surface area contributed by atoms with E-state index in [9.17, 15) is 9.79 Å². The largest absolute Gasteiger partial charge is 0.488 e. The average molecular weight is 284 g/mol. The first kappa shape index (κ1) is 16.4. The number of hydrogen-bond donors (Lipinski definition) is 2. The van der Waals surface area contributed by atoms with Crippen LogP contribution in [0.3, 0.4) is 0 Å². The lowest BCUT2D eigenvalue weighted by Gasteiger charge is -2.30. The third-order valence-electron chi connectivity index (χ3n) is 2.78. The zero-order valence-electron chi connectivity index (χ0n) is 12.9. The van der Waals surface area contributed by atoms with Gasteiger partial charge >= 0.3 is 0 Å². The zero-order valence-corrected chi connectivity index (χ0v) is 13.8. The highest BCUT2D eigenvalue weighted by Crippen LogP contribution is 2.38. The van der Waals surface area contributed by atoms with Crippen molar-refractivity contribution in [2.24, 2.45) is 0 Å². The smallest absolute Gasteiger partial charge is 0.199 e. The molecule has 0 spiro atoms. The molecule has 1 rings (SSSR count). The van der Waals surface area contributed by atoms with Gasteiger partial charge in [0.15, 0.2) is 8.38 Å². The van der Waals surface area contributed by atoms with Crippen LogP contribution >= 0.6 is 8.38 Å². The van der Waals surface area contributed by atoms with E-state index in [2.05, 4.69) is 20.8 Å². The van der Waals surface area contributed by atoms with Crippen molar-refractivity contribution in [1.29, 1.82) is 0 Å². The molecule has 0 amide bonds. The Bertz CT molecular complexity index is 454. The fourth-order valence-corrected chi connectivity index (χ4v) is 2.86. The monoisotopic (exact) mass is 284 g/mol. The summed E-state index contributed by atoms with van der Waals surface area (Å²) in [6, 6.07) is 3.59. The summed E-state index contributed by atoms with van der Waals surface area (Å²) in [7, 11) is -2.08. The van der Waals surface area contributed by atoms with Crippen molar-refractivity contribution in [2.45, 2.75) is 59.5 Å². The van der Waals surface area contributed by atoms with Gasteiger partial charge in [0, 0.05) is 10.9 Å². The van der Waals surface area contributed by atoms with E-state index in [1.165, 1.54) is 0 Å². The van der Waals surface area contributed by atoms with Gasteiger partial charge in [-0.3, -0.25) is 0 Å². The molecule has 0 aromatic heterocycles. The molecule has 0 bridgehead atoms. The van der Waals surface area contributed by atoms with Gasteiger partial charge in [0.05, 0.1) is 0 Å². The Morgan fingerprint density at radius 3 is 1.89 bits per heavy atom. The zero-order chi connectivity index (χ0) is 15.0. The van der Waals surface area contributed by atoms with Gasteiger partial charge in [-0.05, 0) is 50.8 Å². The van der Waals surface area contributed by atoms with Crippen molar-refractivity contribution < 1.29 is 14.5 Å². The quantitative estimate of drug-likeness (QED) is 0.818. The Hall–Kier alpha value is -0.630. The Kier molecular flexibility index (Phi) is 4.66. The summed E-state index contributed by atoms with van der Waals surface area (Å²) in [6.45, 7) is 14.3. The number of ether oxygens (including phenoxy) is 1. The van der Waals surface area contributed by atoms with Crippen LogP contribution in [0, 0.1) is 6.92 Å². The number of benzene rings is 1. The Balaban J connectivity index is 3.45.